The number of fused-ring (bicyclic) bond motifs is 1. The van der Waals surface area contributed by atoms with Gasteiger partial charge in [0.1, 0.15) is 0 Å². The minimum absolute atomic E-state index is 0.326. The number of hydrogen-bond acceptors (Lipinski definition) is 4. The van der Waals surface area contributed by atoms with Crippen LogP contribution in [0.5, 0.6) is 0 Å². The summed E-state index contributed by atoms with van der Waals surface area (Å²) >= 11 is 0. The third-order valence-corrected chi connectivity index (χ3v) is 1.28. The summed E-state index contributed by atoms with van der Waals surface area (Å²) in [5, 5.41) is 12.9. The predicted octanol–water partition coefficient (Wildman–Crippen LogP) is -0.643. The number of rotatable bonds is 0. The molecule has 0 aliphatic carbocycles. The fraction of sp³-hybridized carbons (Fsp3) is 0. The standard InChI is InChI=1S/C5H4N4O2/c10-5-6-1-3-2-9(11)8-4(3)7-5/h1-2,11H,(H,7,8,10). The summed E-state index contributed by atoms with van der Waals surface area (Å²) in [5.41, 5.74) is -0.149. The molecule has 2 aromatic rings. The monoisotopic (exact) mass is 152 g/mol. The van der Waals surface area contributed by atoms with Gasteiger partial charge in [-0.25, -0.2) is 9.78 Å². The molecule has 0 aliphatic heterocycles. The Morgan fingerprint density at radius 3 is 3.27 bits per heavy atom. The van der Waals surface area contributed by atoms with Crippen LogP contribution < -0.4 is 5.69 Å². The van der Waals surface area contributed by atoms with Crippen molar-refractivity contribution in [3.8, 4) is 0 Å². The van der Waals surface area contributed by atoms with Crippen LogP contribution in [0.15, 0.2) is 17.2 Å². The van der Waals surface area contributed by atoms with Crippen LogP contribution in [0.1, 0.15) is 0 Å². The smallest absolute Gasteiger partial charge is 0.346 e. The summed E-state index contributed by atoms with van der Waals surface area (Å²) in [5.74, 6) is 0. The van der Waals surface area contributed by atoms with Crippen molar-refractivity contribution in [3.05, 3.63) is 22.9 Å². The summed E-state index contributed by atoms with van der Waals surface area (Å²) in [4.78, 5) is 17.0. The van der Waals surface area contributed by atoms with E-state index in [9.17, 15) is 4.79 Å². The molecule has 2 N–H and O–H groups in total. The molecule has 0 fully saturated rings. The van der Waals surface area contributed by atoms with E-state index in [-0.39, 0.29) is 0 Å². The van der Waals surface area contributed by atoms with Gasteiger partial charge in [-0.15, -0.1) is 9.94 Å². The van der Waals surface area contributed by atoms with Crippen LogP contribution in [0.2, 0.25) is 0 Å². The SMILES string of the molecule is O=c1ncc2cn(O)nc2[nH]1. The van der Waals surface area contributed by atoms with Crippen molar-refractivity contribution in [2.45, 2.75) is 0 Å². The molecule has 0 amide bonds. The summed E-state index contributed by atoms with van der Waals surface area (Å²) < 4.78 is 0. The number of aromatic nitrogens is 4. The van der Waals surface area contributed by atoms with E-state index in [1.54, 1.807) is 0 Å². The van der Waals surface area contributed by atoms with Crippen molar-refractivity contribution in [1.82, 2.24) is 19.9 Å². The third kappa shape index (κ3) is 0.841. The summed E-state index contributed by atoms with van der Waals surface area (Å²) in [6.07, 6.45) is 2.69. The zero-order chi connectivity index (χ0) is 7.84. The summed E-state index contributed by atoms with van der Waals surface area (Å²) in [6, 6.07) is 0. The van der Waals surface area contributed by atoms with Crippen LogP contribution in [0.25, 0.3) is 11.0 Å². The quantitative estimate of drug-likeness (QED) is 0.491. The van der Waals surface area contributed by atoms with E-state index in [1.165, 1.54) is 12.4 Å². The van der Waals surface area contributed by atoms with Crippen molar-refractivity contribution >= 4 is 11.0 Å². The number of nitrogens with zero attached hydrogens (tertiary/aromatic N) is 3. The van der Waals surface area contributed by atoms with E-state index in [2.05, 4.69) is 15.1 Å². The second kappa shape index (κ2) is 1.82. The first kappa shape index (κ1) is 5.90. The molecule has 56 valence electrons. The van der Waals surface area contributed by atoms with Crippen molar-refractivity contribution in [2.24, 2.45) is 0 Å². The topological polar surface area (TPSA) is 83.8 Å². The first-order valence-electron chi connectivity index (χ1n) is 2.90. The maximum absolute atomic E-state index is 10.6. The van der Waals surface area contributed by atoms with Gasteiger partial charge in [0.25, 0.3) is 0 Å². The van der Waals surface area contributed by atoms with Gasteiger partial charge in [-0.3, -0.25) is 4.98 Å². The molecular weight excluding hydrogens is 148 g/mol. The van der Waals surface area contributed by atoms with Gasteiger partial charge in [0.2, 0.25) is 0 Å². The van der Waals surface area contributed by atoms with E-state index in [4.69, 9.17) is 5.21 Å². The van der Waals surface area contributed by atoms with Crippen LogP contribution in [0, 0.1) is 0 Å². The van der Waals surface area contributed by atoms with Gasteiger partial charge in [-0.05, 0) is 0 Å². The molecule has 2 rings (SSSR count). The highest BCUT2D eigenvalue weighted by atomic mass is 16.5. The predicted molar refractivity (Wildman–Crippen MR) is 35.3 cm³/mol. The molecule has 0 spiro atoms. The molecule has 0 aliphatic rings. The summed E-state index contributed by atoms with van der Waals surface area (Å²) in [7, 11) is 0. The minimum atomic E-state index is -0.476. The minimum Gasteiger partial charge on any atom is -0.412 e. The van der Waals surface area contributed by atoms with Gasteiger partial charge in [-0.2, -0.15) is 0 Å². The highest BCUT2D eigenvalue weighted by Crippen LogP contribution is 2.02. The lowest BCUT2D eigenvalue weighted by Gasteiger charge is -1.81. The van der Waals surface area contributed by atoms with Crippen LogP contribution in [-0.2, 0) is 0 Å². The molecule has 2 heterocycles. The van der Waals surface area contributed by atoms with E-state index in [0.29, 0.717) is 15.9 Å². The molecule has 6 heteroatoms. The number of aromatic amines is 1. The lowest BCUT2D eigenvalue weighted by atomic mass is 10.5. The molecule has 0 radical (unpaired) electrons. The van der Waals surface area contributed by atoms with Gasteiger partial charge in [0.15, 0.2) is 5.65 Å². The lowest BCUT2D eigenvalue weighted by molar-refractivity contribution is 0.151. The van der Waals surface area contributed by atoms with Gasteiger partial charge in [0.05, 0.1) is 11.6 Å². The largest absolute Gasteiger partial charge is 0.412 e. The van der Waals surface area contributed by atoms with Crippen LogP contribution in [0.4, 0.5) is 0 Å². The van der Waals surface area contributed by atoms with Crippen molar-refractivity contribution in [3.63, 3.8) is 0 Å². The average Bonchev–Trinajstić information content (AvgIpc) is 2.27. The van der Waals surface area contributed by atoms with Crippen molar-refractivity contribution < 1.29 is 5.21 Å². The number of H-pyrrole nitrogens is 1. The molecule has 0 saturated heterocycles. The Morgan fingerprint density at radius 1 is 1.64 bits per heavy atom. The molecule has 11 heavy (non-hydrogen) atoms. The fourth-order valence-corrected chi connectivity index (χ4v) is 0.828. The van der Waals surface area contributed by atoms with Gasteiger partial charge < -0.3 is 5.21 Å². The van der Waals surface area contributed by atoms with Crippen molar-refractivity contribution in [1.29, 1.82) is 0 Å². The Balaban J connectivity index is 2.92. The maximum atomic E-state index is 10.6. The van der Waals surface area contributed by atoms with E-state index >= 15 is 0 Å². The van der Waals surface area contributed by atoms with Crippen LogP contribution >= 0.6 is 0 Å². The van der Waals surface area contributed by atoms with Crippen molar-refractivity contribution in [2.75, 3.05) is 0 Å². The molecule has 6 nitrogen and oxygen atoms in total. The maximum Gasteiger partial charge on any atom is 0.346 e. The van der Waals surface area contributed by atoms with E-state index in [1.807, 2.05) is 0 Å². The molecular formula is C5H4N4O2. The Labute approximate surface area is 60.1 Å². The third-order valence-electron chi connectivity index (χ3n) is 1.28. The Kier molecular flexibility index (Phi) is 0.974. The van der Waals surface area contributed by atoms with E-state index in [0.717, 1.165) is 0 Å². The Morgan fingerprint density at radius 2 is 2.45 bits per heavy atom. The van der Waals surface area contributed by atoms with Gasteiger partial charge in [-0.1, -0.05) is 0 Å². The number of nitrogens with one attached hydrogen (secondary N) is 1. The van der Waals surface area contributed by atoms with E-state index < -0.39 is 5.69 Å². The van der Waals surface area contributed by atoms with Gasteiger partial charge >= 0.3 is 5.69 Å². The molecule has 0 unspecified atom stereocenters. The van der Waals surface area contributed by atoms with Crippen LogP contribution in [0.3, 0.4) is 0 Å². The Hall–Kier alpha value is -1.85. The highest BCUT2D eigenvalue weighted by Gasteiger charge is 1.98. The van der Waals surface area contributed by atoms with Crippen LogP contribution in [-0.4, -0.2) is 25.1 Å². The first-order chi connectivity index (χ1) is 5.25. The zero-order valence-corrected chi connectivity index (χ0v) is 5.35. The molecule has 0 atom stereocenters. The second-order valence-corrected chi connectivity index (χ2v) is 2.04. The highest BCUT2D eigenvalue weighted by molar-refractivity contribution is 5.71. The molecule has 2 aromatic heterocycles. The zero-order valence-electron chi connectivity index (χ0n) is 5.35. The molecule has 0 saturated carbocycles. The fourth-order valence-electron chi connectivity index (χ4n) is 0.828. The Bertz CT molecular complexity index is 443. The normalized spacial score (nSPS) is 10.5. The molecule has 0 bridgehead atoms. The molecule has 0 aromatic carbocycles. The lowest BCUT2D eigenvalue weighted by Crippen LogP contribution is -2.08. The summed E-state index contributed by atoms with van der Waals surface area (Å²) in [6.45, 7) is 0. The van der Waals surface area contributed by atoms with Gasteiger partial charge in [0, 0.05) is 6.20 Å². The first-order valence-corrected chi connectivity index (χ1v) is 2.90. The second-order valence-electron chi connectivity index (χ2n) is 2.04. The number of hydrogen-bond donors (Lipinski definition) is 2. The average molecular weight is 152 g/mol.